The van der Waals surface area contributed by atoms with Gasteiger partial charge in [-0.3, -0.25) is 0 Å². The number of aryl methyl sites for hydroxylation is 1. The normalized spacial score (nSPS) is 20.6. The third kappa shape index (κ3) is 3.16. The van der Waals surface area contributed by atoms with Gasteiger partial charge in [-0.25, -0.2) is 9.97 Å². The van der Waals surface area contributed by atoms with Crippen LogP contribution in [-0.4, -0.2) is 35.6 Å². The van der Waals surface area contributed by atoms with Crippen LogP contribution in [0.3, 0.4) is 0 Å². The van der Waals surface area contributed by atoms with E-state index in [1.165, 1.54) is 12.8 Å². The van der Waals surface area contributed by atoms with Crippen LogP contribution in [0.4, 0.5) is 5.82 Å². The Morgan fingerprint density at radius 1 is 1.41 bits per heavy atom. The molecule has 2 heterocycles. The lowest BCUT2D eigenvalue weighted by Crippen LogP contribution is -2.50. The van der Waals surface area contributed by atoms with Gasteiger partial charge in [0, 0.05) is 37.4 Å². The molecule has 94 valence electrons. The molecule has 1 fully saturated rings. The fourth-order valence-electron chi connectivity index (χ4n) is 2.33. The van der Waals surface area contributed by atoms with Crippen molar-refractivity contribution in [2.24, 2.45) is 0 Å². The van der Waals surface area contributed by atoms with Crippen LogP contribution in [0.25, 0.3) is 0 Å². The summed E-state index contributed by atoms with van der Waals surface area (Å²) in [6.07, 6.45) is 5.13. The molecule has 0 radical (unpaired) electrons. The molecule has 1 aliphatic heterocycles. The molecule has 17 heavy (non-hydrogen) atoms. The lowest BCUT2D eigenvalue weighted by Gasteiger charge is -2.34. The molecule has 4 nitrogen and oxygen atoms in total. The van der Waals surface area contributed by atoms with Crippen molar-refractivity contribution in [2.75, 3.05) is 24.5 Å². The first kappa shape index (κ1) is 12.3. The SMILES string of the molecule is CCCC1CN(c2cc(CC)ncn2)CCN1. The lowest BCUT2D eigenvalue weighted by molar-refractivity contribution is 0.429. The van der Waals surface area contributed by atoms with Crippen molar-refractivity contribution in [3.8, 4) is 0 Å². The molecule has 1 aromatic heterocycles. The number of nitrogens with zero attached hydrogens (tertiary/aromatic N) is 3. The molecule has 1 unspecified atom stereocenters. The van der Waals surface area contributed by atoms with E-state index in [1.54, 1.807) is 6.33 Å². The Kier molecular flexibility index (Phi) is 4.31. The maximum atomic E-state index is 4.39. The zero-order chi connectivity index (χ0) is 12.1. The zero-order valence-corrected chi connectivity index (χ0v) is 10.8. The predicted molar refractivity (Wildman–Crippen MR) is 70.3 cm³/mol. The van der Waals surface area contributed by atoms with E-state index in [2.05, 4.69) is 40.1 Å². The van der Waals surface area contributed by atoms with E-state index in [1.807, 2.05) is 0 Å². The Labute approximate surface area is 103 Å². The highest BCUT2D eigenvalue weighted by molar-refractivity contribution is 5.39. The molecule has 0 spiro atoms. The molecular formula is C13H22N4. The monoisotopic (exact) mass is 234 g/mol. The Bertz CT molecular complexity index is 351. The summed E-state index contributed by atoms with van der Waals surface area (Å²) < 4.78 is 0. The summed E-state index contributed by atoms with van der Waals surface area (Å²) in [5.41, 5.74) is 1.13. The smallest absolute Gasteiger partial charge is 0.132 e. The quantitative estimate of drug-likeness (QED) is 0.859. The first-order chi connectivity index (χ1) is 8.33. The number of hydrogen-bond acceptors (Lipinski definition) is 4. The van der Waals surface area contributed by atoms with Crippen LogP contribution >= 0.6 is 0 Å². The molecule has 0 amide bonds. The minimum atomic E-state index is 0.605. The average Bonchev–Trinajstić information content (AvgIpc) is 2.40. The lowest BCUT2D eigenvalue weighted by atomic mass is 10.1. The summed E-state index contributed by atoms with van der Waals surface area (Å²) in [7, 11) is 0. The van der Waals surface area contributed by atoms with Gasteiger partial charge in [0.25, 0.3) is 0 Å². The molecule has 1 N–H and O–H groups in total. The summed E-state index contributed by atoms with van der Waals surface area (Å²) in [6, 6.07) is 2.72. The van der Waals surface area contributed by atoms with Crippen LogP contribution in [0.1, 0.15) is 32.4 Å². The van der Waals surface area contributed by atoms with E-state index in [4.69, 9.17) is 0 Å². The number of anilines is 1. The van der Waals surface area contributed by atoms with Crippen molar-refractivity contribution >= 4 is 5.82 Å². The van der Waals surface area contributed by atoms with Crippen molar-refractivity contribution < 1.29 is 0 Å². The zero-order valence-electron chi connectivity index (χ0n) is 10.8. The minimum absolute atomic E-state index is 0.605. The minimum Gasteiger partial charge on any atom is -0.354 e. The summed E-state index contributed by atoms with van der Waals surface area (Å²) in [4.78, 5) is 11.0. The van der Waals surface area contributed by atoms with Gasteiger partial charge in [0.05, 0.1) is 0 Å². The highest BCUT2D eigenvalue weighted by atomic mass is 15.2. The Balaban J connectivity index is 2.05. The number of piperazine rings is 1. The van der Waals surface area contributed by atoms with Crippen LogP contribution in [-0.2, 0) is 6.42 Å². The van der Waals surface area contributed by atoms with Gasteiger partial charge in [-0.15, -0.1) is 0 Å². The Morgan fingerprint density at radius 2 is 2.29 bits per heavy atom. The number of hydrogen-bond donors (Lipinski definition) is 1. The van der Waals surface area contributed by atoms with Crippen LogP contribution in [0, 0.1) is 0 Å². The second-order valence-corrected chi connectivity index (χ2v) is 4.61. The van der Waals surface area contributed by atoms with Gasteiger partial charge in [-0.05, 0) is 12.8 Å². The van der Waals surface area contributed by atoms with Crippen LogP contribution in [0.15, 0.2) is 12.4 Å². The van der Waals surface area contributed by atoms with E-state index in [0.717, 1.165) is 37.6 Å². The molecule has 4 heteroatoms. The largest absolute Gasteiger partial charge is 0.354 e. The van der Waals surface area contributed by atoms with Crippen LogP contribution in [0.2, 0.25) is 0 Å². The van der Waals surface area contributed by atoms with E-state index < -0.39 is 0 Å². The maximum absolute atomic E-state index is 4.39. The molecule has 1 saturated heterocycles. The van der Waals surface area contributed by atoms with Crippen LogP contribution in [0.5, 0.6) is 0 Å². The van der Waals surface area contributed by atoms with E-state index in [-0.39, 0.29) is 0 Å². The van der Waals surface area contributed by atoms with E-state index in [9.17, 15) is 0 Å². The standard InChI is InChI=1S/C13H22N4/c1-3-5-12-9-17(7-6-14-12)13-8-11(4-2)15-10-16-13/h8,10,12,14H,3-7,9H2,1-2H3. The van der Waals surface area contributed by atoms with Crippen molar-refractivity contribution in [1.82, 2.24) is 15.3 Å². The van der Waals surface area contributed by atoms with Gasteiger partial charge >= 0.3 is 0 Å². The molecule has 0 aliphatic carbocycles. The van der Waals surface area contributed by atoms with Crippen molar-refractivity contribution in [2.45, 2.75) is 39.2 Å². The average molecular weight is 234 g/mol. The van der Waals surface area contributed by atoms with Crippen LogP contribution < -0.4 is 10.2 Å². The summed E-state index contributed by atoms with van der Waals surface area (Å²) >= 11 is 0. The molecule has 1 atom stereocenters. The van der Waals surface area contributed by atoms with Crippen molar-refractivity contribution in [3.05, 3.63) is 18.1 Å². The predicted octanol–water partition coefficient (Wildman–Crippen LogP) is 1.62. The van der Waals surface area contributed by atoms with E-state index in [0.29, 0.717) is 6.04 Å². The van der Waals surface area contributed by atoms with E-state index >= 15 is 0 Å². The second-order valence-electron chi connectivity index (χ2n) is 4.61. The van der Waals surface area contributed by atoms with Crippen molar-refractivity contribution in [1.29, 1.82) is 0 Å². The second kappa shape index (κ2) is 5.96. The van der Waals surface area contributed by atoms with Gasteiger partial charge in [0.15, 0.2) is 0 Å². The molecular weight excluding hydrogens is 212 g/mol. The highest BCUT2D eigenvalue weighted by Gasteiger charge is 2.19. The molecule has 0 aromatic carbocycles. The Hall–Kier alpha value is -1.16. The molecule has 1 aromatic rings. The number of nitrogens with one attached hydrogen (secondary N) is 1. The van der Waals surface area contributed by atoms with Gasteiger partial charge < -0.3 is 10.2 Å². The Morgan fingerprint density at radius 3 is 3.06 bits per heavy atom. The maximum Gasteiger partial charge on any atom is 0.132 e. The number of aromatic nitrogens is 2. The van der Waals surface area contributed by atoms with Gasteiger partial charge in [-0.2, -0.15) is 0 Å². The summed E-state index contributed by atoms with van der Waals surface area (Å²) in [6.45, 7) is 7.52. The third-order valence-electron chi connectivity index (χ3n) is 3.29. The van der Waals surface area contributed by atoms with Gasteiger partial charge in [0.1, 0.15) is 12.1 Å². The van der Waals surface area contributed by atoms with Gasteiger partial charge in [0.2, 0.25) is 0 Å². The molecule has 2 rings (SSSR count). The molecule has 1 aliphatic rings. The highest BCUT2D eigenvalue weighted by Crippen LogP contribution is 2.15. The fraction of sp³-hybridized carbons (Fsp3) is 0.692. The fourth-order valence-corrected chi connectivity index (χ4v) is 2.33. The topological polar surface area (TPSA) is 41.1 Å². The number of rotatable bonds is 4. The van der Waals surface area contributed by atoms with Crippen molar-refractivity contribution in [3.63, 3.8) is 0 Å². The molecule has 0 bridgehead atoms. The summed E-state index contributed by atoms with van der Waals surface area (Å²) in [5, 5.41) is 3.56. The molecule has 0 saturated carbocycles. The first-order valence-electron chi connectivity index (χ1n) is 6.62. The first-order valence-corrected chi connectivity index (χ1v) is 6.62. The summed E-state index contributed by atoms with van der Waals surface area (Å²) in [5.74, 6) is 1.08. The van der Waals surface area contributed by atoms with Gasteiger partial charge in [-0.1, -0.05) is 20.3 Å². The third-order valence-corrected chi connectivity index (χ3v) is 3.29.